The number of anilines is 3. The van der Waals surface area contributed by atoms with E-state index in [1.807, 2.05) is 54.6 Å². The zero-order chi connectivity index (χ0) is 18.5. The molecule has 0 saturated carbocycles. The highest BCUT2D eigenvalue weighted by molar-refractivity contribution is 5.93. The number of pyridine rings is 1. The van der Waals surface area contributed by atoms with Crippen LogP contribution in [-0.4, -0.2) is 24.0 Å². The summed E-state index contributed by atoms with van der Waals surface area (Å²) in [6.07, 6.45) is 3.51. The predicted molar refractivity (Wildman–Crippen MR) is 108 cm³/mol. The molecule has 27 heavy (non-hydrogen) atoms. The summed E-state index contributed by atoms with van der Waals surface area (Å²) < 4.78 is 0. The van der Waals surface area contributed by atoms with Gasteiger partial charge in [-0.05, 0) is 42.0 Å². The number of nitrogens with zero attached hydrogens (tertiary/aromatic N) is 1. The lowest BCUT2D eigenvalue weighted by Crippen LogP contribution is -2.28. The molecule has 1 fully saturated rings. The van der Waals surface area contributed by atoms with Gasteiger partial charge >= 0.3 is 0 Å². The van der Waals surface area contributed by atoms with Crippen LogP contribution in [0.4, 0.5) is 17.1 Å². The van der Waals surface area contributed by atoms with Gasteiger partial charge in [-0.25, -0.2) is 0 Å². The number of carbonyl (C=O) groups excluding carboxylic acids is 1. The summed E-state index contributed by atoms with van der Waals surface area (Å²) in [5.74, 6) is 0.195. The second kappa shape index (κ2) is 8.01. The smallest absolute Gasteiger partial charge is 0.229 e. The van der Waals surface area contributed by atoms with Crippen molar-refractivity contribution >= 4 is 23.0 Å². The number of hydrogen-bond acceptors (Lipinski definition) is 4. The Hall–Kier alpha value is -3.18. The number of amides is 1. The van der Waals surface area contributed by atoms with Crippen molar-refractivity contribution in [3.05, 3.63) is 84.7 Å². The topological polar surface area (TPSA) is 66.0 Å². The molecule has 1 amide bonds. The average molecular weight is 358 g/mol. The third kappa shape index (κ3) is 4.15. The van der Waals surface area contributed by atoms with Crippen molar-refractivity contribution in [2.24, 2.45) is 5.92 Å². The summed E-state index contributed by atoms with van der Waals surface area (Å²) in [7, 11) is 0. The Morgan fingerprint density at radius 2 is 1.67 bits per heavy atom. The average Bonchev–Trinajstić information content (AvgIpc) is 3.21. The Morgan fingerprint density at radius 3 is 2.41 bits per heavy atom. The molecule has 0 radical (unpaired) electrons. The third-order valence-corrected chi connectivity index (χ3v) is 4.88. The predicted octanol–water partition coefficient (Wildman–Crippen LogP) is 3.77. The van der Waals surface area contributed by atoms with Crippen LogP contribution in [0, 0.1) is 5.92 Å². The standard InChI is InChI=1S/C22H22N4O/c27-22(21-15-24-14-20(21)16-5-2-1-3-6-16)26-18-10-8-17(9-11-18)25-19-7-4-12-23-13-19/h1-13,20-21,24-25H,14-15H2,(H,26,27). The highest BCUT2D eigenvalue weighted by Gasteiger charge is 2.33. The fourth-order valence-corrected chi connectivity index (χ4v) is 3.48. The van der Waals surface area contributed by atoms with E-state index in [0.717, 1.165) is 23.6 Å². The monoisotopic (exact) mass is 358 g/mol. The Bertz CT molecular complexity index is 881. The molecule has 2 heterocycles. The number of nitrogens with one attached hydrogen (secondary N) is 3. The molecule has 2 unspecified atom stereocenters. The quantitative estimate of drug-likeness (QED) is 0.650. The van der Waals surface area contributed by atoms with Gasteiger partial charge in [-0.15, -0.1) is 0 Å². The molecule has 1 aromatic heterocycles. The zero-order valence-corrected chi connectivity index (χ0v) is 14.9. The van der Waals surface area contributed by atoms with E-state index in [2.05, 4.69) is 33.1 Å². The van der Waals surface area contributed by atoms with Crippen molar-refractivity contribution in [3.63, 3.8) is 0 Å². The van der Waals surface area contributed by atoms with Gasteiger partial charge in [-0.3, -0.25) is 9.78 Å². The summed E-state index contributed by atoms with van der Waals surface area (Å²) >= 11 is 0. The van der Waals surface area contributed by atoms with E-state index >= 15 is 0 Å². The number of carbonyl (C=O) groups is 1. The molecular formula is C22H22N4O. The number of benzene rings is 2. The minimum absolute atomic E-state index is 0.0572. The lowest BCUT2D eigenvalue weighted by molar-refractivity contribution is -0.119. The first-order chi connectivity index (χ1) is 13.3. The van der Waals surface area contributed by atoms with Crippen LogP contribution in [0.5, 0.6) is 0 Å². The normalized spacial score (nSPS) is 18.8. The molecule has 0 aliphatic carbocycles. The van der Waals surface area contributed by atoms with Gasteiger partial charge in [0.05, 0.1) is 17.8 Å². The van der Waals surface area contributed by atoms with Gasteiger partial charge in [0.1, 0.15) is 0 Å². The molecule has 1 aliphatic rings. The molecule has 2 aromatic carbocycles. The second-order valence-electron chi connectivity index (χ2n) is 6.72. The molecule has 1 saturated heterocycles. The maximum atomic E-state index is 12.8. The highest BCUT2D eigenvalue weighted by atomic mass is 16.1. The van der Waals surface area contributed by atoms with Crippen molar-refractivity contribution in [1.82, 2.24) is 10.3 Å². The van der Waals surface area contributed by atoms with Crippen LogP contribution in [0.2, 0.25) is 0 Å². The van der Waals surface area contributed by atoms with E-state index < -0.39 is 0 Å². The van der Waals surface area contributed by atoms with E-state index in [0.29, 0.717) is 6.54 Å². The molecule has 5 heteroatoms. The molecule has 5 nitrogen and oxygen atoms in total. The van der Waals surface area contributed by atoms with E-state index in [1.54, 1.807) is 12.4 Å². The number of rotatable bonds is 5. The Labute approximate surface area is 158 Å². The molecule has 0 bridgehead atoms. The van der Waals surface area contributed by atoms with E-state index in [9.17, 15) is 4.79 Å². The van der Waals surface area contributed by atoms with Crippen molar-refractivity contribution in [2.45, 2.75) is 5.92 Å². The van der Waals surface area contributed by atoms with Gasteiger partial charge in [0.25, 0.3) is 0 Å². The lowest BCUT2D eigenvalue weighted by Gasteiger charge is -2.18. The van der Waals surface area contributed by atoms with Gasteiger partial charge in [-0.1, -0.05) is 30.3 Å². The van der Waals surface area contributed by atoms with Gasteiger partial charge in [-0.2, -0.15) is 0 Å². The first-order valence-corrected chi connectivity index (χ1v) is 9.13. The summed E-state index contributed by atoms with van der Waals surface area (Å²) in [6, 6.07) is 21.8. The minimum atomic E-state index is -0.0689. The maximum absolute atomic E-state index is 12.8. The van der Waals surface area contributed by atoms with Crippen molar-refractivity contribution in [2.75, 3.05) is 23.7 Å². The largest absolute Gasteiger partial charge is 0.354 e. The first kappa shape index (κ1) is 17.2. The van der Waals surface area contributed by atoms with Crippen LogP contribution in [0.15, 0.2) is 79.1 Å². The number of hydrogen-bond donors (Lipinski definition) is 3. The van der Waals surface area contributed by atoms with E-state index in [4.69, 9.17) is 0 Å². The fourth-order valence-electron chi connectivity index (χ4n) is 3.48. The van der Waals surface area contributed by atoms with Crippen LogP contribution in [0.1, 0.15) is 11.5 Å². The molecular weight excluding hydrogens is 336 g/mol. The van der Waals surface area contributed by atoms with Crippen LogP contribution in [0.3, 0.4) is 0 Å². The number of aromatic nitrogens is 1. The zero-order valence-electron chi connectivity index (χ0n) is 14.9. The van der Waals surface area contributed by atoms with Crippen molar-refractivity contribution in [1.29, 1.82) is 0 Å². The summed E-state index contributed by atoms with van der Waals surface area (Å²) in [4.78, 5) is 16.9. The molecule has 2 atom stereocenters. The van der Waals surface area contributed by atoms with Crippen LogP contribution in [0.25, 0.3) is 0 Å². The molecule has 1 aliphatic heterocycles. The minimum Gasteiger partial charge on any atom is -0.354 e. The van der Waals surface area contributed by atoms with Gasteiger partial charge in [0.2, 0.25) is 5.91 Å². The first-order valence-electron chi connectivity index (χ1n) is 9.13. The van der Waals surface area contributed by atoms with Gasteiger partial charge in [0, 0.05) is 36.6 Å². The van der Waals surface area contributed by atoms with Gasteiger partial charge < -0.3 is 16.0 Å². The van der Waals surface area contributed by atoms with Crippen molar-refractivity contribution in [3.8, 4) is 0 Å². The molecule has 3 N–H and O–H groups in total. The second-order valence-corrected chi connectivity index (χ2v) is 6.72. The Kier molecular flexibility index (Phi) is 5.12. The fraction of sp³-hybridized carbons (Fsp3) is 0.182. The van der Waals surface area contributed by atoms with Gasteiger partial charge in [0.15, 0.2) is 0 Å². The third-order valence-electron chi connectivity index (χ3n) is 4.88. The van der Waals surface area contributed by atoms with E-state index in [-0.39, 0.29) is 17.7 Å². The maximum Gasteiger partial charge on any atom is 0.229 e. The lowest BCUT2D eigenvalue weighted by atomic mass is 9.88. The van der Waals surface area contributed by atoms with Crippen LogP contribution in [-0.2, 0) is 4.79 Å². The molecule has 4 rings (SSSR count). The Balaban J connectivity index is 1.40. The molecule has 0 spiro atoms. The van der Waals surface area contributed by atoms with E-state index in [1.165, 1.54) is 5.56 Å². The Morgan fingerprint density at radius 1 is 0.889 bits per heavy atom. The summed E-state index contributed by atoms with van der Waals surface area (Å²) in [5, 5.41) is 9.69. The summed E-state index contributed by atoms with van der Waals surface area (Å²) in [5.41, 5.74) is 3.89. The SMILES string of the molecule is O=C(Nc1ccc(Nc2cccnc2)cc1)C1CNCC1c1ccccc1. The molecule has 3 aromatic rings. The summed E-state index contributed by atoms with van der Waals surface area (Å²) in [6.45, 7) is 1.53. The molecule has 136 valence electrons. The van der Waals surface area contributed by atoms with Crippen LogP contribution >= 0.6 is 0 Å². The van der Waals surface area contributed by atoms with Crippen molar-refractivity contribution < 1.29 is 4.79 Å². The van der Waals surface area contributed by atoms with Crippen LogP contribution < -0.4 is 16.0 Å². The highest BCUT2D eigenvalue weighted by Crippen LogP contribution is 2.29.